The molecule has 102 valence electrons. The first-order valence-corrected chi connectivity index (χ1v) is 8.17. The zero-order chi connectivity index (χ0) is 14.1. The largest absolute Gasteiger partial charge is 0.494 e. The number of carbonyl (C=O) groups excluding carboxylic acids is 1. The van der Waals surface area contributed by atoms with Crippen molar-refractivity contribution in [2.24, 2.45) is 0 Å². The third kappa shape index (κ3) is 2.47. The van der Waals surface area contributed by atoms with Gasteiger partial charge in [0.05, 0.1) is 9.49 Å². The number of fused-ring (bicyclic) bond motifs is 1. The van der Waals surface area contributed by atoms with Gasteiger partial charge in [0.15, 0.2) is 5.78 Å². The summed E-state index contributed by atoms with van der Waals surface area (Å²) in [5, 5.41) is 2.80. The second-order valence-electron chi connectivity index (χ2n) is 4.31. The van der Waals surface area contributed by atoms with E-state index in [1.165, 1.54) is 0 Å². The number of aromatic amines is 1. The van der Waals surface area contributed by atoms with E-state index in [2.05, 4.69) is 27.6 Å². The highest BCUT2D eigenvalue weighted by atomic mass is 127. The Morgan fingerprint density at radius 1 is 1.40 bits per heavy atom. The summed E-state index contributed by atoms with van der Waals surface area (Å²) in [4.78, 5) is 15.7. The standard InChI is InChI=1S/C15H12INO2S/c1-2-19-10-3-4-13-11(6-10)12(7-17-13)15(18)9-5-14(16)20-8-9/h3-8,17H,2H2,1H3. The average molecular weight is 397 g/mol. The molecule has 0 saturated heterocycles. The zero-order valence-electron chi connectivity index (χ0n) is 10.8. The lowest BCUT2D eigenvalue weighted by atomic mass is 10.1. The van der Waals surface area contributed by atoms with E-state index in [1.807, 2.05) is 36.6 Å². The smallest absolute Gasteiger partial charge is 0.196 e. The molecule has 3 aromatic rings. The highest BCUT2D eigenvalue weighted by molar-refractivity contribution is 14.1. The van der Waals surface area contributed by atoms with Gasteiger partial charge in [0.25, 0.3) is 0 Å². The summed E-state index contributed by atoms with van der Waals surface area (Å²) < 4.78 is 6.62. The van der Waals surface area contributed by atoms with E-state index in [-0.39, 0.29) is 5.78 Å². The minimum Gasteiger partial charge on any atom is -0.494 e. The van der Waals surface area contributed by atoms with E-state index in [0.717, 1.165) is 25.1 Å². The van der Waals surface area contributed by atoms with Gasteiger partial charge in [-0.2, -0.15) is 0 Å². The summed E-state index contributed by atoms with van der Waals surface area (Å²) >= 11 is 3.80. The highest BCUT2D eigenvalue weighted by Gasteiger charge is 2.16. The fourth-order valence-electron chi connectivity index (χ4n) is 2.13. The lowest BCUT2D eigenvalue weighted by molar-refractivity contribution is 0.104. The molecular formula is C15H12INO2S. The van der Waals surface area contributed by atoms with Crippen molar-refractivity contribution in [2.45, 2.75) is 6.92 Å². The van der Waals surface area contributed by atoms with Gasteiger partial charge in [-0.3, -0.25) is 4.79 Å². The maximum absolute atomic E-state index is 12.5. The highest BCUT2D eigenvalue weighted by Crippen LogP contribution is 2.27. The molecule has 0 aliphatic rings. The van der Waals surface area contributed by atoms with Crippen LogP contribution in [0.15, 0.2) is 35.8 Å². The third-order valence-electron chi connectivity index (χ3n) is 3.04. The molecular weight excluding hydrogens is 385 g/mol. The number of halogens is 1. The molecule has 0 radical (unpaired) electrons. The molecule has 0 aliphatic heterocycles. The van der Waals surface area contributed by atoms with Gasteiger partial charge in [-0.15, -0.1) is 11.3 Å². The lowest BCUT2D eigenvalue weighted by Gasteiger charge is -2.03. The van der Waals surface area contributed by atoms with Crippen LogP contribution in [0.1, 0.15) is 22.8 Å². The Balaban J connectivity index is 2.06. The summed E-state index contributed by atoms with van der Waals surface area (Å²) in [6.45, 7) is 2.56. The molecule has 0 atom stereocenters. The van der Waals surface area contributed by atoms with Crippen LogP contribution < -0.4 is 4.74 Å². The molecule has 2 heterocycles. The number of thiophene rings is 1. The second kappa shape index (κ2) is 5.57. The molecule has 20 heavy (non-hydrogen) atoms. The number of nitrogens with one attached hydrogen (secondary N) is 1. The first-order chi connectivity index (χ1) is 9.69. The SMILES string of the molecule is CCOc1ccc2[nH]cc(C(=O)c3csc(I)c3)c2c1. The fraction of sp³-hybridized carbons (Fsp3) is 0.133. The van der Waals surface area contributed by atoms with E-state index in [9.17, 15) is 4.79 Å². The number of carbonyl (C=O) groups is 1. The number of rotatable bonds is 4. The molecule has 0 aliphatic carbocycles. The predicted molar refractivity (Wildman–Crippen MR) is 89.9 cm³/mol. The van der Waals surface area contributed by atoms with Gasteiger partial charge in [-0.05, 0) is 53.8 Å². The van der Waals surface area contributed by atoms with Crippen molar-refractivity contribution >= 4 is 50.6 Å². The number of aromatic nitrogens is 1. The van der Waals surface area contributed by atoms with Crippen molar-refractivity contribution in [3.05, 3.63) is 49.9 Å². The molecule has 0 fully saturated rings. The Morgan fingerprint density at radius 2 is 2.25 bits per heavy atom. The number of hydrogen-bond acceptors (Lipinski definition) is 3. The first-order valence-electron chi connectivity index (χ1n) is 6.21. The number of hydrogen-bond donors (Lipinski definition) is 1. The van der Waals surface area contributed by atoms with Crippen LogP contribution in [0.4, 0.5) is 0 Å². The van der Waals surface area contributed by atoms with Gasteiger partial charge in [0, 0.05) is 33.6 Å². The van der Waals surface area contributed by atoms with E-state index in [0.29, 0.717) is 12.2 Å². The first kappa shape index (κ1) is 13.6. The summed E-state index contributed by atoms with van der Waals surface area (Å²) in [6.07, 6.45) is 1.77. The van der Waals surface area contributed by atoms with E-state index in [4.69, 9.17) is 4.74 Å². The van der Waals surface area contributed by atoms with Crippen LogP contribution in [0.2, 0.25) is 0 Å². The quantitative estimate of drug-likeness (QED) is 0.522. The van der Waals surface area contributed by atoms with Crippen LogP contribution in [0, 0.1) is 2.88 Å². The lowest BCUT2D eigenvalue weighted by Crippen LogP contribution is -1.98. The van der Waals surface area contributed by atoms with Crippen LogP contribution >= 0.6 is 33.9 Å². The molecule has 3 rings (SSSR count). The molecule has 5 heteroatoms. The molecule has 0 unspecified atom stereocenters. The van der Waals surface area contributed by atoms with Crippen molar-refractivity contribution in [2.75, 3.05) is 6.61 Å². The Bertz CT molecular complexity index is 775. The number of ketones is 1. The van der Waals surface area contributed by atoms with Gasteiger partial charge in [0.1, 0.15) is 5.75 Å². The van der Waals surface area contributed by atoms with Crippen LogP contribution in [-0.2, 0) is 0 Å². The van der Waals surface area contributed by atoms with Crippen molar-refractivity contribution in [3.8, 4) is 5.75 Å². The monoisotopic (exact) mass is 397 g/mol. The maximum Gasteiger partial charge on any atom is 0.196 e. The molecule has 0 bridgehead atoms. The fourth-order valence-corrected chi connectivity index (χ4v) is 3.46. The van der Waals surface area contributed by atoms with Crippen LogP contribution in [0.3, 0.4) is 0 Å². The van der Waals surface area contributed by atoms with Crippen molar-refractivity contribution in [1.29, 1.82) is 0 Å². The number of benzene rings is 1. The molecule has 0 saturated carbocycles. The molecule has 3 nitrogen and oxygen atoms in total. The van der Waals surface area contributed by atoms with Gasteiger partial charge in [0.2, 0.25) is 0 Å². The second-order valence-corrected chi connectivity index (χ2v) is 7.12. The Kier molecular flexibility index (Phi) is 3.80. The van der Waals surface area contributed by atoms with Crippen molar-refractivity contribution in [1.82, 2.24) is 4.98 Å². The summed E-state index contributed by atoms with van der Waals surface area (Å²) in [5.41, 5.74) is 2.37. The predicted octanol–water partition coefficient (Wildman–Crippen LogP) is 4.46. The minimum atomic E-state index is 0.0454. The number of H-pyrrole nitrogens is 1. The van der Waals surface area contributed by atoms with Gasteiger partial charge in [-0.25, -0.2) is 0 Å². The zero-order valence-corrected chi connectivity index (χ0v) is 13.7. The van der Waals surface area contributed by atoms with Crippen LogP contribution in [0.5, 0.6) is 5.75 Å². The normalized spacial score (nSPS) is 10.9. The van der Waals surface area contributed by atoms with Crippen molar-refractivity contribution < 1.29 is 9.53 Å². The number of ether oxygens (including phenoxy) is 1. The van der Waals surface area contributed by atoms with Gasteiger partial charge in [-0.1, -0.05) is 0 Å². The van der Waals surface area contributed by atoms with Crippen LogP contribution in [0.25, 0.3) is 10.9 Å². The summed E-state index contributed by atoms with van der Waals surface area (Å²) in [7, 11) is 0. The topological polar surface area (TPSA) is 42.1 Å². The third-order valence-corrected chi connectivity index (χ3v) is 4.83. The Labute approximate surface area is 134 Å². The van der Waals surface area contributed by atoms with E-state index in [1.54, 1.807) is 17.5 Å². The van der Waals surface area contributed by atoms with Crippen LogP contribution in [-0.4, -0.2) is 17.4 Å². The minimum absolute atomic E-state index is 0.0454. The van der Waals surface area contributed by atoms with Gasteiger partial charge < -0.3 is 9.72 Å². The Hall–Kier alpha value is -1.34. The summed E-state index contributed by atoms with van der Waals surface area (Å²) in [5.74, 6) is 0.831. The average Bonchev–Trinajstić information content (AvgIpc) is 3.04. The maximum atomic E-state index is 12.5. The molecule has 1 aromatic carbocycles. The molecule has 0 amide bonds. The molecule has 0 spiro atoms. The summed E-state index contributed by atoms with van der Waals surface area (Å²) in [6, 6.07) is 7.68. The van der Waals surface area contributed by atoms with Gasteiger partial charge >= 0.3 is 0 Å². The van der Waals surface area contributed by atoms with E-state index >= 15 is 0 Å². The van der Waals surface area contributed by atoms with E-state index < -0.39 is 0 Å². The van der Waals surface area contributed by atoms with Crippen molar-refractivity contribution in [3.63, 3.8) is 0 Å². The molecule has 1 N–H and O–H groups in total. The molecule has 2 aromatic heterocycles. The Morgan fingerprint density at radius 3 is 2.95 bits per heavy atom.